The van der Waals surface area contributed by atoms with Gasteiger partial charge in [0.2, 0.25) is 11.8 Å². The molecule has 0 aromatic carbocycles. The first-order chi connectivity index (χ1) is 8.49. The Morgan fingerprint density at radius 1 is 1.33 bits per heavy atom. The van der Waals surface area contributed by atoms with E-state index in [9.17, 15) is 14.4 Å². The lowest BCUT2D eigenvalue weighted by Gasteiger charge is -2.18. The van der Waals surface area contributed by atoms with Crippen molar-refractivity contribution in [1.29, 1.82) is 0 Å². The van der Waals surface area contributed by atoms with Crippen molar-refractivity contribution < 1.29 is 19.5 Å². The summed E-state index contributed by atoms with van der Waals surface area (Å²) < 4.78 is 1.43. The number of nitrogens with two attached hydrogens (primary N) is 1. The Labute approximate surface area is 102 Å². The molecular weight excluding hydrogens is 242 g/mol. The molecule has 3 N–H and O–H groups in total. The molecule has 0 saturated heterocycles. The Morgan fingerprint density at radius 3 is 2.56 bits per heavy atom. The second-order valence-corrected chi connectivity index (χ2v) is 3.52. The van der Waals surface area contributed by atoms with Gasteiger partial charge >= 0.3 is 5.97 Å². The predicted molar refractivity (Wildman–Crippen MR) is 58.0 cm³/mol. The van der Waals surface area contributed by atoms with E-state index in [0.29, 0.717) is 0 Å². The van der Waals surface area contributed by atoms with Gasteiger partial charge in [0.05, 0.1) is 13.1 Å². The van der Waals surface area contributed by atoms with Crippen LogP contribution in [0.4, 0.5) is 0 Å². The maximum atomic E-state index is 11.7. The topological polar surface area (TPSA) is 131 Å². The van der Waals surface area contributed by atoms with Crippen LogP contribution in [0.15, 0.2) is 12.7 Å². The van der Waals surface area contributed by atoms with Crippen LogP contribution in [0.25, 0.3) is 0 Å². The maximum absolute atomic E-state index is 11.7. The lowest BCUT2D eigenvalue weighted by Crippen LogP contribution is -2.41. The molecule has 0 fully saturated rings. The SMILES string of the molecule is NC(=O)CN(CC(=O)O)C(=O)CCn1cncn1. The number of hydrogen-bond acceptors (Lipinski definition) is 5. The first kappa shape index (κ1) is 13.6. The Bertz CT molecular complexity index is 414. The summed E-state index contributed by atoms with van der Waals surface area (Å²) in [6.07, 6.45) is 2.77. The highest BCUT2D eigenvalue weighted by Crippen LogP contribution is 1.97. The summed E-state index contributed by atoms with van der Waals surface area (Å²) in [4.78, 5) is 37.6. The van der Waals surface area contributed by atoms with E-state index in [-0.39, 0.29) is 13.0 Å². The van der Waals surface area contributed by atoms with Crippen LogP contribution < -0.4 is 5.73 Å². The molecule has 0 saturated carbocycles. The van der Waals surface area contributed by atoms with Crippen molar-refractivity contribution in [3.8, 4) is 0 Å². The highest BCUT2D eigenvalue weighted by Gasteiger charge is 2.18. The molecule has 1 rings (SSSR count). The van der Waals surface area contributed by atoms with Crippen LogP contribution in [0.2, 0.25) is 0 Å². The number of aromatic nitrogens is 3. The number of carbonyl (C=O) groups is 3. The zero-order valence-corrected chi connectivity index (χ0v) is 9.52. The lowest BCUT2D eigenvalue weighted by atomic mass is 10.3. The molecule has 98 valence electrons. The summed E-state index contributed by atoms with van der Waals surface area (Å²) in [6, 6.07) is 0. The number of rotatable bonds is 7. The number of nitrogens with zero attached hydrogens (tertiary/aromatic N) is 4. The van der Waals surface area contributed by atoms with Crippen molar-refractivity contribution in [3.63, 3.8) is 0 Å². The standard InChI is InChI=1S/C9H13N5O4/c10-7(15)3-13(4-9(17)18)8(16)1-2-14-6-11-5-12-14/h5-6H,1-4H2,(H2,10,15)(H,17,18). The number of carboxylic acid groups (broad SMARTS) is 1. The zero-order chi connectivity index (χ0) is 13.5. The Kier molecular flexibility index (Phi) is 4.78. The quantitative estimate of drug-likeness (QED) is 0.583. The van der Waals surface area contributed by atoms with Crippen molar-refractivity contribution in [1.82, 2.24) is 19.7 Å². The van der Waals surface area contributed by atoms with E-state index >= 15 is 0 Å². The first-order valence-corrected chi connectivity index (χ1v) is 5.09. The molecule has 0 aliphatic carbocycles. The van der Waals surface area contributed by atoms with Gasteiger partial charge in [-0.3, -0.25) is 19.1 Å². The molecule has 0 aliphatic rings. The molecule has 2 amide bonds. The van der Waals surface area contributed by atoms with Crippen molar-refractivity contribution in [3.05, 3.63) is 12.7 Å². The second kappa shape index (κ2) is 6.33. The monoisotopic (exact) mass is 255 g/mol. The Balaban J connectivity index is 2.52. The fourth-order valence-electron chi connectivity index (χ4n) is 1.30. The highest BCUT2D eigenvalue weighted by atomic mass is 16.4. The molecule has 0 radical (unpaired) electrons. The van der Waals surface area contributed by atoms with Crippen molar-refractivity contribution in [2.75, 3.05) is 13.1 Å². The summed E-state index contributed by atoms with van der Waals surface area (Å²) in [7, 11) is 0. The van der Waals surface area contributed by atoms with Crippen LogP contribution in [0.3, 0.4) is 0 Å². The van der Waals surface area contributed by atoms with Crippen LogP contribution in [-0.4, -0.2) is 55.6 Å². The molecule has 0 spiro atoms. The third kappa shape index (κ3) is 4.60. The molecule has 9 nitrogen and oxygen atoms in total. The zero-order valence-electron chi connectivity index (χ0n) is 9.52. The van der Waals surface area contributed by atoms with E-state index in [1.165, 1.54) is 17.3 Å². The molecule has 1 heterocycles. The number of amides is 2. The van der Waals surface area contributed by atoms with Crippen molar-refractivity contribution in [2.45, 2.75) is 13.0 Å². The van der Waals surface area contributed by atoms with E-state index in [2.05, 4.69) is 10.1 Å². The van der Waals surface area contributed by atoms with Crippen LogP contribution in [-0.2, 0) is 20.9 Å². The van der Waals surface area contributed by atoms with Gasteiger partial charge in [0.15, 0.2) is 0 Å². The van der Waals surface area contributed by atoms with Gasteiger partial charge in [0.1, 0.15) is 19.2 Å². The second-order valence-electron chi connectivity index (χ2n) is 3.52. The normalized spacial score (nSPS) is 10.0. The van der Waals surface area contributed by atoms with Gasteiger partial charge in [0, 0.05) is 6.42 Å². The summed E-state index contributed by atoms with van der Waals surface area (Å²) in [5.74, 6) is -2.44. The number of hydrogen-bond donors (Lipinski definition) is 2. The highest BCUT2D eigenvalue weighted by molar-refractivity contribution is 5.86. The van der Waals surface area contributed by atoms with Gasteiger partial charge in [-0.05, 0) is 0 Å². The van der Waals surface area contributed by atoms with E-state index in [4.69, 9.17) is 10.8 Å². The van der Waals surface area contributed by atoms with Gasteiger partial charge in [0.25, 0.3) is 0 Å². The summed E-state index contributed by atoms with van der Waals surface area (Å²) in [6.45, 7) is -0.713. The van der Waals surface area contributed by atoms with Crippen LogP contribution in [0.1, 0.15) is 6.42 Å². The van der Waals surface area contributed by atoms with Gasteiger partial charge in [-0.2, -0.15) is 5.10 Å². The van der Waals surface area contributed by atoms with Crippen molar-refractivity contribution in [2.24, 2.45) is 5.73 Å². The largest absolute Gasteiger partial charge is 0.480 e. The van der Waals surface area contributed by atoms with Crippen LogP contribution >= 0.6 is 0 Å². The summed E-state index contributed by atoms with van der Waals surface area (Å²) >= 11 is 0. The fraction of sp³-hybridized carbons (Fsp3) is 0.444. The minimum Gasteiger partial charge on any atom is -0.480 e. The molecule has 18 heavy (non-hydrogen) atoms. The molecule has 0 unspecified atom stereocenters. The maximum Gasteiger partial charge on any atom is 0.323 e. The Hall–Kier alpha value is -2.45. The smallest absolute Gasteiger partial charge is 0.323 e. The molecule has 1 aromatic rings. The fourth-order valence-corrected chi connectivity index (χ4v) is 1.30. The van der Waals surface area contributed by atoms with Crippen LogP contribution in [0.5, 0.6) is 0 Å². The van der Waals surface area contributed by atoms with E-state index in [1.807, 2.05) is 0 Å². The number of aliphatic carboxylic acids is 1. The summed E-state index contributed by atoms with van der Waals surface area (Å²) in [5, 5.41) is 12.4. The van der Waals surface area contributed by atoms with Gasteiger partial charge in [-0.15, -0.1) is 0 Å². The molecule has 0 bridgehead atoms. The number of primary amides is 1. The molecule has 1 aromatic heterocycles. The minimum atomic E-state index is -1.20. The molecule has 0 atom stereocenters. The van der Waals surface area contributed by atoms with Gasteiger partial charge < -0.3 is 15.7 Å². The Morgan fingerprint density at radius 2 is 2.06 bits per heavy atom. The van der Waals surface area contributed by atoms with E-state index in [1.54, 1.807) is 0 Å². The van der Waals surface area contributed by atoms with Gasteiger partial charge in [-0.25, -0.2) is 4.98 Å². The van der Waals surface area contributed by atoms with Crippen LogP contribution in [0, 0.1) is 0 Å². The summed E-state index contributed by atoms with van der Waals surface area (Å²) in [5.41, 5.74) is 4.94. The van der Waals surface area contributed by atoms with E-state index < -0.39 is 30.9 Å². The number of carboxylic acids is 1. The number of aryl methyl sites for hydroxylation is 1. The average Bonchev–Trinajstić information content (AvgIpc) is 2.76. The predicted octanol–water partition coefficient (Wildman–Crippen LogP) is -1.93. The van der Waals surface area contributed by atoms with Crippen molar-refractivity contribution >= 4 is 17.8 Å². The third-order valence-electron chi connectivity index (χ3n) is 2.05. The third-order valence-corrected chi connectivity index (χ3v) is 2.05. The number of carbonyl (C=O) groups excluding carboxylic acids is 2. The first-order valence-electron chi connectivity index (χ1n) is 5.09. The van der Waals surface area contributed by atoms with E-state index in [0.717, 1.165) is 4.90 Å². The lowest BCUT2D eigenvalue weighted by molar-refractivity contribution is -0.145. The van der Waals surface area contributed by atoms with Gasteiger partial charge in [-0.1, -0.05) is 0 Å². The average molecular weight is 255 g/mol. The minimum absolute atomic E-state index is 0.0178. The molecular formula is C9H13N5O4. The molecule has 9 heteroatoms. The molecule has 0 aliphatic heterocycles.